The van der Waals surface area contributed by atoms with Crippen molar-refractivity contribution in [1.82, 2.24) is 0 Å². The summed E-state index contributed by atoms with van der Waals surface area (Å²) in [6.45, 7) is 1.88. The van der Waals surface area contributed by atoms with Crippen LogP contribution in [0.2, 0.25) is 0 Å². The zero-order chi connectivity index (χ0) is 12.3. The summed E-state index contributed by atoms with van der Waals surface area (Å²) in [6, 6.07) is 7.10. The number of thiophene rings is 1. The Kier molecular flexibility index (Phi) is 3.92. The summed E-state index contributed by atoms with van der Waals surface area (Å²) in [5.74, 6) is -0.192. The fourth-order valence-corrected chi connectivity index (χ4v) is 2.55. The van der Waals surface area contributed by atoms with E-state index in [9.17, 15) is 4.39 Å². The van der Waals surface area contributed by atoms with Crippen molar-refractivity contribution in [2.24, 2.45) is 5.73 Å². The highest BCUT2D eigenvalue weighted by molar-refractivity contribution is 7.07. The predicted octanol–water partition coefficient (Wildman–Crippen LogP) is 3.83. The van der Waals surface area contributed by atoms with Gasteiger partial charge in [0, 0.05) is 11.6 Å². The Morgan fingerprint density at radius 3 is 2.82 bits per heavy atom. The van der Waals surface area contributed by atoms with Crippen molar-refractivity contribution in [1.29, 1.82) is 0 Å². The second kappa shape index (κ2) is 5.43. The molecule has 1 aromatic carbocycles. The first-order chi connectivity index (χ1) is 8.16. The predicted molar refractivity (Wildman–Crippen MR) is 70.7 cm³/mol. The van der Waals surface area contributed by atoms with Gasteiger partial charge in [0.1, 0.15) is 5.82 Å². The zero-order valence-electron chi connectivity index (χ0n) is 9.82. The van der Waals surface area contributed by atoms with E-state index in [2.05, 4.69) is 11.4 Å². The van der Waals surface area contributed by atoms with Crippen molar-refractivity contribution in [2.75, 3.05) is 0 Å². The molecule has 1 nitrogen and oxygen atoms in total. The maximum atomic E-state index is 13.7. The van der Waals surface area contributed by atoms with Gasteiger partial charge in [-0.2, -0.15) is 11.3 Å². The number of rotatable bonds is 4. The van der Waals surface area contributed by atoms with E-state index in [-0.39, 0.29) is 11.9 Å². The van der Waals surface area contributed by atoms with Crippen LogP contribution in [0.15, 0.2) is 35.0 Å². The SMILES string of the molecule is Cc1ccc(C(N)CCc2ccsc2)c(F)c1. The third-order valence-electron chi connectivity index (χ3n) is 2.88. The van der Waals surface area contributed by atoms with Gasteiger partial charge < -0.3 is 5.73 Å². The van der Waals surface area contributed by atoms with Gasteiger partial charge in [-0.1, -0.05) is 12.1 Å². The molecule has 3 heteroatoms. The molecule has 0 aliphatic rings. The lowest BCUT2D eigenvalue weighted by Gasteiger charge is -2.12. The van der Waals surface area contributed by atoms with Crippen LogP contribution in [0, 0.1) is 12.7 Å². The van der Waals surface area contributed by atoms with E-state index in [0.717, 1.165) is 18.4 Å². The molecule has 90 valence electrons. The molecule has 0 radical (unpaired) electrons. The van der Waals surface area contributed by atoms with E-state index in [1.54, 1.807) is 23.5 Å². The number of halogens is 1. The van der Waals surface area contributed by atoms with Crippen molar-refractivity contribution >= 4 is 11.3 Å². The zero-order valence-corrected chi connectivity index (χ0v) is 10.6. The van der Waals surface area contributed by atoms with Crippen LogP contribution < -0.4 is 5.73 Å². The van der Waals surface area contributed by atoms with E-state index >= 15 is 0 Å². The van der Waals surface area contributed by atoms with Crippen LogP contribution >= 0.6 is 11.3 Å². The summed E-state index contributed by atoms with van der Waals surface area (Å²) < 4.78 is 13.7. The molecular weight excluding hydrogens is 233 g/mol. The van der Waals surface area contributed by atoms with Crippen LogP contribution in [0.5, 0.6) is 0 Å². The minimum atomic E-state index is -0.226. The molecule has 0 aliphatic carbocycles. The number of benzene rings is 1. The molecule has 0 fully saturated rings. The topological polar surface area (TPSA) is 26.0 Å². The van der Waals surface area contributed by atoms with Crippen LogP contribution in [0.4, 0.5) is 4.39 Å². The highest BCUT2D eigenvalue weighted by Gasteiger charge is 2.11. The third kappa shape index (κ3) is 3.14. The third-order valence-corrected chi connectivity index (χ3v) is 3.61. The minimum absolute atomic E-state index is 0.192. The van der Waals surface area contributed by atoms with E-state index < -0.39 is 0 Å². The molecule has 0 saturated heterocycles. The van der Waals surface area contributed by atoms with Crippen molar-refractivity contribution in [3.63, 3.8) is 0 Å². The Labute approximate surface area is 105 Å². The average molecular weight is 249 g/mol. The van der Waals surface area contributed by atoms with Crippen molar-refractivity contribution in [3.05, 3.63) is 57.5 Å². The first kappa shape index (κ1) is 12.3. The summed E-state index contributed by atoms with van der Waals surface area (Å²) in [5.41, 5.74) is 8.85. The number of hydrogen-bond donors (Lipinski definition) is 1. The minimum Gasteiger partial charge on any atom is -0.324 e. The van der Waals surface area contributed by atoms with Crippen molar-refractivity contribution in [2.45, 2.75) is 25.8 Å². The smallest absolute Gasteiger partial charge is 0.128 e. The van der Waals surface area contributed by atoms with Gasteiger partial charge in [-0.05, 0) is 53.8 Å². The van der Waals surface area contributed by atoms with E-state index in [0.29, 0.717) is 5.56 Å². The van der Waals surface area contributed by atoms with Gasteiger partial charge in [0.15, 0.2) is 0 Å². The summed E-state index contributed by atoms with van der Waals surface area (Å²) in [7, 11) is 0. The molecule has 0 amide bonds. The lowest BCUT2D eigenvalue weighted by molar-refractivity contribution is 0.563. The number of hydrogen-bond acceptors (Lipinski definition) is 2. The molecule has 1 atom stereocenters. The Hall–Kier alpha value is -1.19. The Morgan fingerprint density at radius 2 is 2.18 bits per heavy atom. The quantitative estimate of drug-likeness (QED) is 0.875. The lowest BCUT2D eigenvalue weighted by Crippen LogP contribution is -2.13. The van der Waals surface area contributed by atoms with Crippen LogP contribution in [0.1, 0.15) is 29.2 Å². The first-order valence-corrected chi connectivity index (χ1v) is 6.64. The van der Waals surface area contributed by atoms with Crippen molar-refractivity contribution < 1.29 is 4.39 Å². The highest BCUT2D eigenvalue weighted by Crippen LogP contribution is 2.21. The van der Waals surface area contributed by atoms with Crippen LogP contribution in [-0.2, 0) is 6.42 Å². The van der Waals surface area contributed by atoms with Crippen molar-refractivity contribution in [3.8, 4) is 0 Å². The lowest BCUT2D eigenvalue weighted by atomic mass is 9.99. The summed E-state index contributed by atoms with van der Waals surface area (Å²) in [6.07, 6.45) is 1.68. The molecule has 0 spiro atoms. The number of aryl methyl sites for hydroxylation is 2. The highest BCUT2D eigenvalue weighted by atomic mass is 32.1. The van der Waals surface area contributed by atoms with Gasteiger partial charge in [-0.25, -0.2) is 4.39 Å². The summed E-state index contributed by atoms with van der Waals surface area (Å²) >= 11 is 1.68. The second-order valence-corrected chi connectivity index (χ2v) is 5.08. The molecule has 2 N–H and O–H groups in total. The van der Waals surface area contributed by atoms with Gasteiger partial charge in [0.2, 0.25) is 0 Å². The van der Waals surface area contributed by atoms with Gasteiger partial charge >= 0.3 is 0 Å². The fourth-order valence-electron chi connectivity index (χ4n) is 1.85. The number of nitrogens with two attached hydrogens (primary N) is 1. The fraction of sp³-hybridized carbons (Fsp3) is 0.286. The van der Waals surface area contributed by atoms with Crippen LogP contribution in [0.3, 0.4) is 0 Å². The van der Waals surface area contributed by atoms with Gasteiger partial charge in [-0.15, -0.1) is 0 Å². The van der Waals surface area contributed by atoms with E-state index in [1.165, 1.54) is 5.56 Å². The maximum absolute atomic E-state index is 13.7. The molecule has 0 bridgehead atoms. The van der Waals surface area contributed by atoms with Gasteiger partial charge in [0.25, 0.3) is 0 Å². The maximum Gasteiger partial charge on any atom is 0.128 e. The van der Waals surface area contributed by atoms with Gasteiger partial charge in [-0.3, -0.25) is 0 Å². The second-order valence-electron chi connectivity index (χ2n) is 4.30. The van der Waals surface area contributed by atoms with Crippen LogP contribution in [-0.4, -0.2) is 0 Å². The molecule has 2 rings (SSSR count). The Morgan fingerprint density at radius 1 is 1.35 bits per heavy atom. The molecular formula is C14H16FNS. The van der Waals surface area contributed by atoms with E-state index in [1.807, 2.05) is 18.4 Å². The standard InChI is InChI=1S/C14H16FNS/c1-10-2-4-12(13(15)8-10)14(16)5-3-11-6-7-17-9-11/h2,4,6-9,14H,3,5,16H2,1H3. The van der Waals surface area contributed by atoms with Crippen LogP contribution in [0.25, 0.3) is 0 Å². The Bertz CT molecular complexity index is 479. The molecule has 1 heterocycles. The molecule has 1 unspecified atom stereocenters. The molecule has 0 saturated carbocycles. The normalized spacial score (nSPS) is 12.6. The average Bonchev–Trinajstić information content (AvgIpc) is 2.78. The summed E-state index contributed by atoms with van der Waals surface area (Å²) in [5, 5.41) is 4.16. The summed E-state index contributed by atoms with van der Waals surface area (Å²) in [4.78, 5) is 0. The van der Waals surface area contributed by atoms with Gasteiger partial charge in [0.05, 0.1) is 0 Å². The largest absolute Gasteiger partial charge is 0.324 e. The van der Waals surface area contributed by atoms with E-state index in [4.69, 9.17) is 5.73 Å². The first-order valence-electron chi connectivity index (χ1n) is 5.69. The Balaban J connectivity index is 2.01. The monoisotopic (exact) mass is 249 g/mol. The molecule has 2 aromatic rings. The molecule has 0 aliphatic heterocycles. The molecule has 17 heavy (non-hydrogen) atoms. The molecule has 1 aromatic heterocycles.